The number of halogens is 1. The molecule has 142 valence electrons. The number of nitrogens with zero attached hydrogens (tertiary/aromatic N) is 1. The average Bonchev–Trinajstić information content (AvgIpc) is 2.72. The quantitative estimate of drug-likeness (QED) is 0.541. The van der Waals surface area contributed by atoms with Crippen LogP contribution in [0.15, 0.2) is 78.9 Å². The first-order valence-electron chi connectivity index (χ1n) is 9.55. The van der Waals surface area contributed by atoms with Crippen molar-refractivity contribution in [3.05, 3.63) is 95.0 Å². The van der Waals surface area contributed by atoms with Crippen LogP contribution in [-0.2, 0) is 11.2 Å². The van der Waals surface area contributed by atoms with E-state index in [1.807, 2.05) is 47.4 Å². The summed E-state index contributed by atoms with van der Waals surface area (Å²) >= 11 is 6.06. The molecule has 1 N–H and O–H groups in total. The third-order valence-corrected chi connectivity index (χ3v) is 5.63. The summed E-state index contributed by atoms with van der Waals surface area (Å²) in [4.78, 5) is 14.8. The van der Waals surface area contributed by atoms with E-state index in [0.717, 1.165) is 30.5 Å². The van der Waals surface area contributed by atoms with E-state index in [-0.39, 0.29) is 23.6 Å². The average molecular weight is 392 g/mol. The normalized spacial score (nSPS) is 18.8. The molecule has 2 atom stereocenters. The summed E-state index contributed by atoms with van der Waals surface area (Å²) in [5, 5.41) is 10.3. The third-order valence-electron chi connectivity index (χ3n) is 5.38. The molecule has 1 fully saturated rings. The van der Waals surface area contributed by atoms with Crippen molar-refractivity contribution in [2.75, 3.05) is 4.90 Å². The lowest BCUT2D eigenvalue weighted by Gasteiger charge is -2.47. The maximum atomic E-state index is 13.0. The zero-order chi connectivity index (χ0) is 19.5. The van der Waals surface area contributed by atoms with Gasteiger partial charge in [-0.3, -0.25) is 4.79 Å². The van der Waals surface area contributed by atoms with Crippen LogP contribution in [0.3, 0.4) is 0 Å². The molecule has 3 aromatic carbocycles. The van der Waals surface area contributed by atoms with E-state index < -0.39 is 0 Å². The minimum absolute atomic E-state index is 0.00918. The van der Waals surface area contributed by atoms with E-state index >= 15 is 0 Å². The van der Waals surface area contributed by atoms with Crippen LogP contribution in [-0.4, -0.2) is 11.0 Å². The molecule has 0 unspecified atom stereocenters. The maximum absolute atomic E-state index is 13.0. The van der Waals surface area contributed by atoms with Crippen LogP contribution in [0.1, 0.15) is 30.0 Å². The van der Waals surface area contributed by atoms with Crippen LogP contribution in [0, 0.1) is 5.92 Å². The van der Waals surface area contributed by atoms with Crippen molar-refractivity contribution in [1.29, 1.82) is 0 Å². The fourth-order valence-electron chi connectivity index (χ4n) is 3.94. The van der Waals surface area contributed by atoms with Crippen LogP contribution >= 0.6 is 11.6 Å². The Morgan fingerprint density at radius 3 is 2.25 bits per heavy atom. The first-order valence-corrected chi connectivity index (χ1v) is 9.93. The highest BCUT2D eigenvalue weighted by Crippen LogP contribution is 2.46. The van der Waals surface area contributed by atoms with E-state index in [4.69, 9.17) is 11.6 Å². The van der Waals surface area contributed by atoms with Gasteiger partial charge < -0.3 is 10.0 Å². The molecule has 0 aliphatic carbocycles. The van der Waals surface area contributed by atoms with E-state index in [0.29, 0.717) is 5.02 Å². The monoisotopic (exact) mass is 391 g/mol. The maximum Gasteiger partial charge on any atom is 0.233 e. The van der Waals surface area contributed by atoms with Gasteiger partial charge in [-0.2, -0.15) is 0 Å². The molecule has 1 amide bonds. The van der Waals surface area contributed by atoms with Crippen LogP contribution in [0.2, 0.25) is 5.02 Å². The molecule has 0 aromatic heterocycles. The number of β-lactam (4-membered cyclic amide) rings is 1. The van der Waals surface area contributed by atoms with Gasteiger partial charge in [-0.25, -0.2) is 0 Å². The predicted octanol–water partition coefficient (Wildman–Crippen LogP) is 5.77. The van der Waals surface area contributed by atoms with Gasteiger partial charge in [0.15, 0.2) is 0 Å². The number of aromatic hydroxyl groups is 1. The SMILES string of the molecule is O=C1[C@@H](CCCc2ccccc2)[C@H](c2ccc(Cl)cc2)N1c1ccc(O)cc1. The van der Waals surface area contributed by atoms with Crippen molar-refractivity contribution in [2.45, 2.75) is 25.3 Å². The summed E-state index contributed by atoms with van der Waals surface area (Å²) in [6.45, 7) is 0. The van der Waals surface area contributed by atoms with Gasteiger partial charge in [0.2, 0.25) is 5.91 Å². The minimum atomic E-state index is -0.0429. The fourth-order valence-corrected chi connectivity index (χ4v) is 4.07. The summed E-state index contributed by atoms with van der Waals surface area (Å²) in [5.41, 5.74) is 3.19. The van der Waals surface area contributed by atoms with Crippen molar-refractivity contribution < 1.29 is 9.90 Å². The Kier molecular flexibility index (Phi) is 5.36. The molecule has 1 aliphatic heterocycles. The van der Waals surface area contributed by atoms with Gasteiger partial charge in [-0.15, -0.1) is 0 Å². The molecule has 4 heteroatoms. The van der Waals surface area contributed by atoms with Crippen molar-refractivity contribution in [1.82, 2.24) is 0 Å². The van der Waals surface area contributed by atoms with E-state index in [1.54, 1.807) is 24.3 Å². The summed E-state index contributed by atoms with van der Waals surface area (Å²) < 4.78 is 0. The topological polar surface area (TPSA) is 40.5 Å². The number of rotatable bonds is 6. The van der Waals surface area contributed by atoms with Crippen molar-refractivity contribution >= 4 is 23.2 Å². The molecule has 1 heterocycles. The molecular weight excluding hydrogens is 370 g/mol. The molecule has 0 saturated carbocycles. The molecule has 0 bridgehead atoms. The number of hydrogen-bond acceptors (Lipinski definition) is 2. The highest BCUT2D eigenvalue weighted by Gasteiger charge is 2.48. The number of aryl methyl sites for hydroxylation is 1. The first kappa shape index (κ1) is 18.6. The first-order chi connectivity index (χ1) is 13.6. The van der Waals surface area contributed by atoms with Gasteiger partial charge >= 0.3 is 0 Å². The van der Waals surface area contributed by atoms with Crippen LogP contribution in [0.5, 0.6) is 5.75 Å². The number of hydrogen-bond donors (Lipinski definition) is 1. The molecule has 4 rings (SSSR count). The summed E-state index contributed by atoms with van der Waals surface area (Å²) in [6.07, 6.45) is 2.78. The Labute approximate surface area is 170 Å². The Bertz CT molecular complexity index is 939. The lowest BCUT2D eigenvalue weighted by Crippen LogP contribution is -2.55. The zero-order valence-electron chi connectivity index (χ0n) is 15.5. The van der Waals surface area contributed by atoms with Crippen molar-refractivity contribution in [3.63, 3.8) is 0 Å². The highest BCUT2D eigenvalue weighted by molar-refractivity contribution is 6.30. The number of phenols is 1. The van der Waals surface area contributed by atoms with Gasteiger partial charge in [-0.1, -0.05) is 54.1 Å². The number of carbonyl (C=O) groups is 1. The zero-order valence-corrected chi connectivity index (χ0v) is 16.2. The number of benzene rings is 3. The van der Waals surface area contributed by atoms with Crippen molar-refractivity contribution in [2.24, 2.45) is 5.92 Å². The van der Waals surface area contributed by atoms with Gasteiger partial charge in [0.05, 0.1) is 12.0 Å². The molecule has 0 spiro atoms. The Hall–Kier alpha value is -2.78. The smallest absolute Gasteiger partial charge is 0.233 e. The second-order valence-electron chi connectivity index (χ2n) is 7.21. The molecule has 3 nitrogen and oxygen atoms in total. The van der Waals surface area contributed by atoms with E-state index in [2.05, 4.69) is 12.1 Å². The Morgan fingerprint density at radius 2 is 1.57 bits per heavy atom. The second kappa shape index (κ2) is 8.07. The predicted molar refractivity (Wildman–Crippen MR) is 113 cm³/mol. The third kappa shape index (κ3) is 3.76. The van der Waals surface area contributed by atoms with E-state index in [9.17, 15) is 9.90 Å². The number of anilines is 1. The molecule has 28 heavy (non-hydrogen) atoms. The van der Waals surface area contributed by atoms with Crippen LogP contribution < -0.4 is 4.90 Å². The lowest BCUT2D eigenvalue weighted by atomic mass is 9.78. The largest absolute Gasteiger partial charge is 0.508 e. The van der Waals surface area contributed by atoms with Crippen LogP contribution in [0.25, 0.3) is 0 Å². The second-order valence-corrected chi connectivity index (χ2v) is 7.64. The summed E-state index contributed by atoms with van der Waals surface area (Å²) in [7, 11) is 0. The van der Waals surface area contributed by atoms with Gasteiger partial charge in [0.1, 0.15) is 5.75 Å². The minimum Gasteiger partial charge on any atom is -0.508 e. The van der Waals surface area contributed by atoms with Crippen LogP contribution in [0.4, 0.5) is 5.69 Å². The molecule has 1 aliphatic rings. The van der Waals surface area contributed by atoms with Gasteiger partial charge in [-0.05, 0) is 66.8 Å². The number of amides is 1. The Morgan fingerprint density at radius 1 is 0.893 bits per heavy atom. The standard InChI is InChI=1S/C24H22ClNO2/c25-19-11-9-18(10-12-19)23-22(8-4-7-17-5-2-1-3-6-17)24(28)26(23)20-13-15-21(27)16-14-20/h1-3,5-6,9-16,22-23,27H,4,7-8H2/t22-,23-/m0/s1. The lowest BCUT2D eigenvalue weighted by molar-refractivity contribution is -0.130. The fraction of sp³-hybridized carbons (Fsp3) is 0.208. The van der Waals surface area contributed by atoms with E-state index in [1.165, 1.54) is 5.56 Å². The molecule has 3 aromatic rings. The summed E-state index contributed by atoms with van der Waals surface area (Å²) in [6, 6.07) is 24.9. The molecule has 1 saturated heterocycles. The molecular formula is C24H22ClNO2. The van der Waals surface area contributed by atoms with Crippen molar-refractivity contribution in [3.8, 4) is 5.75 Å². The van der Waals surface area contributed by atoms with Gasteiger partial charge in [0.25, 0.3) is 0 Å². The van der Waals surface area contributed by atoms with Gasteiger partial charge in [0, 0.05) is 10.7 Å². The number of carbonyl (C=O) groups excluding carboxylic acids is 1. The number of phenolic OH excluding ortho intramolecular Hbond substituents is 1. The summed E-state index contributed by atoms with van der Waals surface area (Å²) in [5.74, 6) is 0.288. The highest BCUT2D eigenvalue weighted by atomic mass is 35.5. The Balaban J connectivity index is 1.53. The molecule has 0 radical (unpaired) electrons.